The van der Waals surface area contributed by atoms with Crippen LogP contribution in [0.3, 0.4) is 0 Å². The van der Waals surface area contributed by atoms with Crippen LogP contribution in [0.2, 0.25) is 0 Å². The third-order valence-electron chi connectivity index (χ3n) is 4.14. The van der Waals surface area contributed by atoms with Crippen LogP contribution in [0.5, 0.6) is 5.75 Å². The second-order valence-electron chi connectivity index (χ2n) is 6.33. The van der Waals surface area contributed by atoms with E-state index in [0.29, 0.717) is 12.1 Å². The molecule has 4 nitrogen and oxygen atoms in total. The van der Waals surface area contributed by atoms with E-state index in [9.17, 15) is 4.79 Å². The summed E-state index contributed by atoms with van der Waals surface area (Å²) in [4.78, 5) is 16.7. The monoisotopic (exact) mass is 340 g/mol. The highest BCUT2D eigenvalue weighted by Gasteiger charge is 2.22. The van der Waals surface area contributed by atoms with Crippen LogP contribution in [0.1, 0.15) is 29.8 Å². The summed E-state index contributed by atoms with van der Waals surface area (Å²) in [7, 11) is 1.66. The molecule has 0 fully saturated rings. The van der Waals surface area contributed by atoms with Crippen molar-refractivity contribution >= 4 is 27.5 Å². The quantitative estimate of drug-likeness (QED) is 0.763. The van der Waals surface area contributed by atoms with Crippen molar-refractivity contribution in [2.24, 2.45) is 0 Å². The van der Waals surface area contributed by atoms with Gasteiger partial charge in [0.1, 0.15) is 5.75 Å². The van der Waals surface area contributed by atoms with Gasteiger partial charge in [-0.3, -0.25) is 4.79 Å². The largest absolute Gasteiger partial charge is 0.497 e. The van der Waals surface area contributed by atoms with Crippen LogP contribution in [0, 0.1) is 0 Å². The van der Waals surface area contributed by atoms with E-state index in [2.05, 4.69) is 30.2 Å². The Hall–Kier alpha value is -2.40. The molecular formula is C19H20N2O2S. The molecule has 5 heteroatoms. The van der Waals surface area contributed by atoms with Crippen molar-refractivity contribution in [3.05, 3.63) is 59.1 Å². The molecule has 2 aromatic carbocycles. The topological polar surface area (TPSA) is 51.2 Å². The second-order valence-corrected chi connectivity index (χ2v) is 7.22. The summed E-state index contributed by atoms with van der Waals surface area (Å²) in [6.07, 6.45) is 0. The summed E-state index contributed by atoms with van der Waals surface area (Å²) in [5.41, 5.74) is 4.30. The van der Waals surface area contributed by atoms with E-state index in [1.165, 1.54) is 11.3 Å². The Bertz CT molecular complexity index is 870. The van der Waals surface area contributed by atoms with Gasteiger partial charge in [0.2, 0.25) is 0 Å². The minimum atomic E-state index is -0.196. The number of nitrogens with zero attached hydrogens (tertiary/aromatic N) is 1. The molecule has 0 saturated heterocycles. The van der Waals surface area contributed by atoms with Crippen LogP contribution in [-0.4, -0.2) is 24.5 Å². The molecule has 1 N–H and O–H groups in total. The Labute approximate surface area is 145 Å². The molecule has 0 aliphatic heterocycles. The van der Waals surface area contributed by atoms with Crippen molar-refractivity contribution in [1.82, 2.24) is 10.3 Å². The molecule has 0 saturated carbocycles. The van der Waals surface area contributed by atoms with Gasteiger partial charge < -0.3 is 10.1 Å². The summed E-state index contributed by atoms with van der Waals surface area (Å²) < 4.78 is 6.31. The molecule has 0 radical (unpaired) electrons. The minimum absolute atomic E-state index is 0.0683. The fourth-order valence-electron chi connectivity index (χ4n) is 2.55. The van der Waals surface area contributed by atoms with Gasteiger partial charge in [-0.2, -0.15) is 0 Å². The third kappa shape index (κ3) is 3.41. The molecule has 0 aliphatic rings. The smallest absolute Gasteiger partial charge is 0.251 e. The van der Waals surface area contributed by atoms with Crippen LogP contribution in [0.15, 0.2) is 48.0 Å². The standard InChI is InChI=1S/C19H20N2O2S/c1-19(2,14-5-4-6-15(10-14)23-3)11-20-18(22)13-7-8-16-17(9-13)24-12-21-16/h4-10,12H,11H2,1-3H3,(H,20,22). The molecule has 1 amide bonds. The molecular weight excluding hydrogens is 320 g/mol. The number of carbonyl (C=O) groups excluding carboxylic acids is 1. The number of ether oxygens (including phenoxy) is 1. The van der Waals surface area contributed by atoms with Gasteiger partial charge in [0.15, 0.2) is 0 Å². The molecule has 1 aromatic heterocycles. The van der Waals surface area contributed by atoms with Crippen molar-refractivity contribution in [3.8, 4) is 5.75 Å². The number of fused-ring (bicyclic) bond motifs is 1. The zero-order valence-electron chi connectivity index (χ0n) is 14.0. The number of hydrogen-bond donors (Lipinski definition) is 1. The summed E-state index contributed by atoms with van der Waals surface area (Å²) >= 11 is 1.54. The number of methoxy groups -OCH3 is 1. The summed E-state index contributed by atoms with van der Waals surface area (Å²) in [5.74, 6) is 0.754. The lowest BCUT2D eigenvalue weighted by Gasteiger charge is -2.26. The maximum absolute atomic E-state index is 12.5. The lowest BCUT2D eigenvalue weighted by molar-refractivity contribution is 0.0946. The van der Waals surface area contributed by atoms with E-state index >= 15 is 0 Å². The van der Waals surface area contributed by atoms with Crippen molar-refractivity contribution in [2.45, 2.75) is 19.3 Å². The molecule has 0 spiro atoms. The Morgan fingerprint density at radius 1 is 1.25 bits per heavy atom. The zero-order chi connectivity index (χ0) is 17.2. The Morgan fingerprint density at radius 2 is 2.08 bits per heavy atom. The van der Waals surface area contributed by atoms with Crippen LogP contribution in [0.25, 0.3) is 10.2 Å². The average Bonchev–Trinajstić information content (AvgIpc) is 3.07. The van der Waals surface area contributed by atoms with Gasteiger partial charge in [0, 0.05) is 17.5 Å². The lowest BCUT2D eigenvalue weighted by Crippen LogP contribution is -2.36. The molecule has 24 heavy (non-hydrogen) atoms. The van der Waals surface area contributed by atoms with E-state index in [-0.39, 0.29) is 11.3 Å². The van der Waals surface area contributed by atoms with Gasteiger partial charge in [-0.1, -0.05) is 26.0 Å². The molecule has 0 bridgehead atoms. The van der Waals surface area contributed by atoms with Crippen LogP contribution >= 0.6 is 11.3 Å². The average molecular weight is 340 g/mol. The highest BCUT2D eigenvalue weighted by molar-refractivity contribution is 7.16. The maximum Gasteiger partial charge on any atom is 0.251 e. The van der Waals surface area contributed by atoms with Gasteiger partial charge >= 0.3 is 0 Å². The molecule has 124 valence electrons. The number of rotatable bonds is 5. The van der Waals surface area contributed by atoms with Crippen LogP contribution < -0.4 is 10.1 Å². The predicted molar refractivity (Wildman–Crippen MR) is 98.0 cm³/mol. The Kier molecular flexibility index (Phi) is 4.53. The van der Waals surface area contributed by atoms with E-state index in [1.54, 1.807) is 12.6 Å². The number of aromatic nitrogens is 1. The zero-order valence-corrected chi connectivity index (χ0v) is 14.8. The Morgan fingerprint density at radius 3 is 2.88 bits per heavy atom. The Balaban J connectivity index is 1.72. The number of benzene rings is 2. The molecule has 0 unspecified atom stereocenters. The summed E-state index contributed by atoms with van der Waals surface area (Å²) in [5, 5.41) is 3.04. The number of amides is 1. The molecule has 0 atom stereocenters. The first kappa shape index (κ1) is 16.5. The highest BCUT2D eigenvalue weighted by Crippen LogP contribution is 2.26. The van der Waals surface area contributed by atoms with E-state index in [1.807, 2.05) is 36.4 Å². The predicted octanol–water partition coefficient (Wildman–Crippen LogP) is 4.01. The first-order chi connectivity index (χ1) is 11.5. The highest BCUT2D eigenvalue weighted by atomic mass is 32.1. The van der Waals surface area contributed by atoms with Gasteiger partial charge in [-0.25, -0.2) is 4.98 Å². The van der Waals surface area contributed by atoms with E-state index in [0.717, 1.165) is 21.5 Å². The van der Waals surface area contributed by atoms with E-state index in [4.69, 9.17) is 4.74 Å². The molecule has 3 aromatic rings. The SMILES string of the molecule is COc1cccc(C(C)(C)CNC(=O)c2ccc3ncsc3c2)c1. The fourth-order valence-corrected chi connectivity index (χ4v) is 3.26. The lowest BCUT2D eigenvalue weighted by atomic mass is 9.84. The molecule has 3 rings (SSSR count). The van der Waals surface area contributed by atoms with Gasteiger partial charge in [-0.15, -0.1) is 11.3 Å². The van der Waals surface area contributed by atoms with Gasteiger partial charge in [0.05, 0.1) is 22.8 Å². The second kappa shape index (κ2) is 6.61. The van der Waals surface area contributed by atoms with Crippen molar-refractivity contribution in [1.29, 1.82) is 0 Å². The first-order valence-electron chi connectivity index (χ1n) is 7.75. The van der Waals surface area contributed by atoms with Crippen LogP contribution in [0.4, 0.5) is 0 Å². The minimum Gasteiger partial charge on any atom is -0.497 e. The van der Waals surface area contributed by atoms with Gasteiger partial charge in [-0.05, 0) is 35.9 Å². The first-order valence-corrected chi connectivity index (χ1v) is 8.63. The van der Waals surface area contributed by atoms with Crippen molar-refractivity contribution < 1.29 is 9.53 Å². The third-order valence-corrected chi connectivity index (χ3v) is 4.93. The van der Waals surface area contributed by atoms with Gasteiger partial charge in [0.25, 0.3) is 5.91 Å². The van der Waals surface area contributed by atoms with Crippen LogP contribution in [-0.2, 0) is 5.41 Å². The number of hydrogen-bond acceptors (Lipinski definition) is 4. The number of nitrogens with one attached hydrogen (secondary N) is 1. The van der Waals surface area contributed by atoms with Crippen molar-refractivity contribution in [3.63, 3.8) is 0 Å². The normalized spacial score (nSPS) is 11.5. The fraction of sp³-hybridized carbons (Fsp3) is 0.263. The molecule has 0 aliphatic carbocycles. The summed E-state index contributed by atoms with van der Waals surface area (Å²) in [6, 6.07) is 13.5. The maximum atomic E-state index is 12.5. The van der Waals surface area contributed by atoms with E-state index < -0.39 is 0 Å². The number of thiazole rings is 1. The molecule has 1 heterocycles. The van der Waals surface area contributed by atoms with Crippen molar-refractivity contribution in [2.75, 3.05) is 13.7 Å². The number of carbonyl (C=O) groups is 1. The summed E-state index contributed by atoms with van der Waals surface area (Å²) in [6.45, 7) is 4.75.